The van der Waals surface area contributed by atoms with Crippen molar-refractivity contribution in [1.29, 1.82) is 0 Å². The number of alkyl halides is 3. The number of carbonyl (C=O) groups excluding carboxylic acids is 2. The van der Waals surface area contributed by atoms with Gasteiger partial charge in [-0.25, -0.2) is 4.79 Å². The Labute approximate surface area is 209 Å². The molecule has 0 bridgehead atoms. The van der Waals surface area contributed by atoms with Crippen molar-refractivity contribution in [2.45, 2.75) is 64.0 Å². The molecule has 2 aromatic carbocycles. The van der Waals surface area contributed by atoms with E-state index in [2.05, 4.69) is 0 Å². The summed E-state index contributed by atoms with van der Waals surface area (Å²) >= 11 is 0. The van der Waals surface area contributed by atoms with Gasteiger partial charge in [-0.1, -0.05) is 30.3 Å². The van der Waals surface area contributed by atoms with Gasteiger partial charge in [0, 0.05) is 19.0 Å². The molecule has 0 N–H and O–H groups in total. The summed E-state index contributed by atoms with van der Waals surface area (Å²) in [4.78, 5) is 26.9. The van der Waals surface area contributed by atoms with Crippen LogP contribution in [0.4, 0.5) is 18.0 Å². The molecule has 0 aliphatic carbocycles. The van der Waals surface area contributed by atoms with Gasteiger partial charge in [-0.2, -0.15) is 13.2 Å². The summed E-state index contributed by atoms with van der Waals surface area (Å²) in [5, 5.41) is 0. The van der Waals surface area contributed by atoms with Gasteiger partial charge in [-0.05, 0) is 63.4 Å². The number of ether oxygens (including phenoxy) is 3. The van der Waals surface area contributed by atoms with E-state index in [4.69, 9.17) is 14.2 Å². The van der Waals surface area contributed by atoms with Crippen LogP contribution in [0.25, 0.3) is 0 Å². The van der Waals surface area contributed by atoms with E-state index in [1.807, 2.05) is 30.3 Å². The van der Waals surface area contributed by atoms with E-state index < -0.39 is 35.6 Å². The lowest BCUT2D eigenvalue weighted by atomic mass is 9.87. The lowest BCUT2D eigenvalue weighted by Gasteiger charge is -2.40. The molecule has 1 heterocycles. The average Bonchev–Trinajstić information content (AvgIpc) is 2.82. The lowest BCUT2D eigenvalue weighted by molar-refractivity contribution is -0.148. The highest BCUT2D eigenvalue weighted by atomic mass is 19.4. The van der Waals surface area contributed by atoms with Gasteiger partial charge in [0.2, 0.25) is 0 Å². The van der Waals surface area contributed by atoms with Crippen molar-refractivity contribution in [2.24, 2.45) is 5.92 Å². The first kappa shape index (κ1) is 27.4. The average molecular weight is 508 g/mol. The summed E-state index contributed by atoms with van der Waals surface area (Å²) in [6, 6.07) is 13.3. The van der Waals surface area contributed by atoms with Crippen LogP contribution in [0, 0.1) is 5.92 Å². The molecule has 196 valence electrons. The lowest BCUT2D eigenvalue weighted by Crippen LogP contribution is -2.50. The molecule has 1 aliphatic heterocycles. The molecule has 9 heteroatoms. The van der Waals surface area contributed by atoms with Crippen LogP contribution in [0.1, 0.15) is 57.3 Å². The van der Waals surface area contributed by atoms with Gasteiger partial charge in [-0.15, -0.1) is 0 Å². The zero-order chi connectivity index (χ0) is 26.5. The molecule has 1 aliphatic rings. The van der Waals surface area contributed by atoms with Crippen LogP contribution in [0.15, 0.2) is 54.6 Å². The molecule has 1 saturated heterocycles. The fourth-order valence-corrected chi connectivity index (χ4v) is 4.27. The highest BCUT2D eigenvalue weighted by Crippen LogP contribution is 2.35. The number of esters is 1. The summed E-state index contributed by atoms with van der Waals surface area (Å²) in [5.74, 6) is -0.467. The standard InChI is InChI=1S/C27H32F3NO5/c1-26(2,3)36-25(33)31-15-14-19(24(32)34-4)16-21(31)17-23(18-8-6-5-7-9-18)35-22-12-10-20(11-13-22)27(28,29)30/h5-13,19,21,23H,14-17H2,1-4H3. The number of piperidine rings is 1. The Morgan fingerprint density at radius 1 is 1.03 bits per heavy atom. The minimum absolute atomic E-state index is 0.265. The Hall–Kier alpha value is -3.23. The summed E-state index contributed by atoms with van der Waals surface area (Å²) in [5.41, 5.74) is -0.673. The second kappa shape index (κ2) is 11.2. The maximum Gasteiger partial charge on any atom is 0.416 e. The van der Waals surface area contributed by atoms with Crippen LogP contribution in [0.3, 0.4) is 0 Å². The number of methoxy groups -OCH3 is 1. The predicted octanol–water partition coefficient (Wildman–Crippen LogP) is 6.40. The van der Waals surface area contributed by atoms with Crippen LogP contribution in [-0.4, -0.2) is 42.3 Å². The molecule has 1 fully saturated rings. The molecule has 3 rings (SSSR count). The Kier molecular flexibility index (Phi) is 8.53. The van der Waals surface area contributed by atoms with E-state index in [0.29, 0.717) is 25.8 Å². The smallest absolute Gasteiger partial charge is 0.416 e. The largest absolute Gasteiger partial charge is 0.486 e. The number of amides is 1. The van der Waals surface area contributed by atoms with Gasteiger partial charge in [0.15, 0.2) is 0 Å². The Balaban J connectivity index is 1.88. The van der Waals surface area contributed by atoms with E-state index >= 15 is 0 Å². The van der Waals surface area contributed by atoms with Crippen LogP contribution in [-0.2, 0) is 20.4 Å². The number of benzene rings is 2. The van der Waals surface area contributed by atoms with Crippen molar-refractivity contribution in [3.63, 3.8) is 0 Å². The van der Waals surface area contributed by atoms with E-state index in [1.165, 1.54) is 19.2 Å². The Morgan fingerprint density at radius 3 is 2.22 bits per heavy atom. The van der Waals surface area contributed by atoms with E-state index in [0.717, 1.165) is 17.7 Å². The molecule has 0 radical (unpaired) electrons. The normalized spacial score (nSPS) is 19.4. The van der Waals surface area contributed by atoms with Crippen LogP contribution in [0.5, 0.6) is 5.75 Å². The molecule has 3 unspecified atom stereocenters. The highest BCUT2D eigenvalue weighted by Gasteiger charge is 2.39. The monoisotopic (exact) mass is 507 g/mol. The van der Waals surface area contributed by atoms with Gasteiger partial charge in [-0.3, -0.25) is 4.79 Å². The molecule has 3 atom stereocenters. The minimum Gasteiger partial charge on any atom is -0.486 e. The van der Waals surface area contributed by atoms with E-state index in [1.54, 1.807) is 25.7 Å². The van der Waals surface area contributed by atoms with Crippen molar-refractivity contribution >= 4 is 12.1 Å². The van der Waals surface area contributed by atoms with Crippen LogP contribution in [0.2, 0.25) is 0 Å². The molecule has 0 saturated carbocycles. The van der Waals surface area contributed by atoms with Crippen molar-refractivity contribution in [3.8, 4) is 5.75 Å². The number of halogens is 3. The summed E-state index contributed by atoms with van der Waals surface area (Å²) in [6.45, 7) is 5.64. The Bertz CT molecular complexity index is 1020. The third-order valence-corrected chi connectivity index (χ3v) is 6.00. The summed E-state index contributed by atoms with van der Waals surface area (Å²) < 4.78 is 55.7. The molecular weight excluding hydrogens is 475 g/mol. The maximum atomic E-state index is 13.0. The van der Waals surface area contributed by atoms with Crippen molar-refractivity contribution < 1.29 is 37.0 Å². The van der Waals surface area contributed by atoms with E-state index in [-0.39, 0.29) is 17.6 Å². The molecule has 0 spiro atoms. The van der Waals surface area contributed by atoms with Gasteiger partial charge in [0.25, 0.3) is 0 Å². The number of rotatable bonds is 6. The second-order valence-corrected chi connectivity index (χ2v) is 9.85. The minimum atomic E-state index is -4.45. The molecule has 36 heavy (non-hydrogen) atoms. The van der Waals surface area contributed by atoms with Gasteiger partial charge in [0.1, 0.15) is 17.5 Å². The zero-order valence-corrected chi connectivity index (χ0v) is 20.9. The third kappa shape index (κ3) is 7.38. The SMILES string of the molecule is COC(=O)C1CCN(C(=O)OC(C)(C)C)C(CC(Oc2ccc(C(F)(F)F)cc2)c2ccccc2)C1. The quantitative estimate of drug-likeness (QED) is 0.423. The molecule has 6 nitrogen and oxygen atoms in total. The van der Waals surface area contributed by atoms with Gasteiger partial charge >= 0.3 is 18.2 Å². The number of hydrogen-bond acceptors (Lipinski definition) is 5. The van der Waals surface area contributed by atoms with Crippen molar-refractivity contribution in [3.05, 3.63) is 65.7 Å². The number of likely N-dealkylation sites (tertiary alicyclic amines) is 1. The Morgan fingerprint density at radius 2 is 1.67 bits per heavy atom. The van der Waals surface area contributed by atoms with Gasteiger partial charge in [0.05, 0.1) is 18.6 Å². The van der Waals surface area contributed by atoms with Crippen LogP contribution >= 0.6 is 0 Å². The molecule has 2 aromatic rings. The van der Waals surface area contributed by atoms with E-state index in [9.17, 15) is 22.8 Å². The fraction of sp³-hybridized carbons (Fsp3) is 0.481. The summed E-state index contributed by atoms with van der Waals surface area (Å²) in [7, 11) is 1.33. The zero-order valence-electron chi connectivity index (χ0n) is 20.9. The fourth-order valence-electron chi connectivity index (χ4n) is 4.27. The van der Waals surface area contributed by atoms with Crippen LogP contribution < -0.4 is 4.74 Å². The maximum absolute atomic E-state index is 13.0. The topological polar surface area (TPSA) is 65.1 Å². The van der Waals surface area contributed by atoms with Gasteiger partial charge < -0.3 is 19.1 Å². The van der Waals surface area contributed by atoms with Crippen molar-refractivity contribution in [1.82, 2.24) is 4.90 Å². The molecular formula is C27H32F3NO5. The number of hydrogen-bond donors (Lipinski definition) is 0. The summed E-state index contributed by atoms with van der Waals surface area (Å²) in [6.07, 6.45) is -4.43. The van der Waals surface area contributed by atoms with Crippen molar-refractivity contribution in [2.75, 3.05) is 13.7 Å². The first-order valence-corrected chi connectivity index (χ1v) is 11.8. The third-order valence-electron chi connectivity index (χ3n) is 6.00. The number of nitrogens with zero attached hydrogens (tertiary/aromatic N) is 1. The first-order valence-electron chi connectivity index (χ1n) is 11.8. The highest BCUT2D eigenvalue weighted by molar-refractivity contribution is 5.74. The number of carbonyl (C=O) groups is 2. The molecule has 0 aromatic heterocycles. The first-order chi connectivity index (χ1) is 16.9. The molecule has 1 amide bonds. The predicted molar refractivity (Wildman–Crippen MR) is 127 cm³/mol. The second-order valence-electron chi connectivity index (χ2n) is 9.85.